The van der Waals surface area contributed by atoms with Crippen LogP contribution in [0.4, 0.5) is 0 Å². The summed E-state index contributed by atoms with van der Waals surface area (Å²) < 4.78 is 0. The third kappa shape index (κ3) is 1.58. The number of rotatable bonds is 3. The monoisotopic (exact) mass is 175 g/mol. The Bertz CT molecular complexity index is 392. The minimum absolute atomic E-state index is 0.265. The number of aromatic nitrogens is 1. The minimum Gasteiger partial charge on any atom is -0.396 e. The Morgan fingerprint density at radius 3 is 3.00 bits per heavy atom. The maximum absolute atomic E-state index is 8.74. The average Bonchev–Trinajstić information content (AvgIpc) is 2.62. The SMILES string of the molecule is OCCCc1cccc2[nH]ccc12. The van der Waals surface area contributed by atoms with E-state index < -0.39 is 0 Å². The molecular weight excluding hydrogens is 162 g/mol. The van der Waals surface area contributed by atoms with Crippen LogP contribution in [0.15, 0.2) is 30.5 Å². The molecule has 2 N–H and O–H groups in total. The van der Waals surface area contributed by atoms with E-state index >= 15 is 0 Å². The Kier molecular flexibility index (Phi) is 2.32. The van der Waals surface area contributed by atoms with Crippen molar-refractivity contribution >= 4 is 10.9 Å². The van der Waals surface area contributed by atoms with Gasteiger partial charge in [0.25, 0.3) is 0 Å². The van der Waals surface area contributed by atoms with Gasteiger partial charge in [-0.3, -0.25) is 0 Å². The molecule has 1 aromatic heterocycles. The van der Waals surface area contributed by atoms with E-state index in [0.29, 0.717) is 0 Å². The van der Waals surface area contributed by atoms with Gasteiger partial charge >= 0.3 is 0 Å². The van der Waals surface area contributed by atoms with Crippen molar-refractivity contribution in [3.8, 4) is 0 Å². The minimum atomic E-state index is 0.265. The van der Waals surface area contributed by atoms with Crippen molar-refractivity contribution in [2.45, 2.75) is 12.8 Å². The van der Waals surface area contributed by atoms with Gasteiger partial charge in [0.2, 0.25) is 0 Å². The molecule has 1 heterocycles. The lowest BCUT2D eigenvalue weighted by Gasteiger charge is -2.00. The van der Waals surface area contributed by atoms with Gasteiger partial charge in [0.05, 0.1) is 0 Å². The predicted molar refractivity (Wildman–Crippen MR) is 53.7 cm³/mol. The molecule has 0 saturated heterocycles. The highest BCUT2D eigenvalue weighted by molar-refractivity contribution is 5.82. The fourth-order valence-electron chi connectivity index (χ4n) is 1.64. The molecule has 2 rings (SSSR count). The fourth-order valence-corrected chi connectivity index (χ4v) is 1.64. The highest BCUT2D eigenvalue weighted by atomic mass is 16.2. The number of nitrogens with one attached hydrogen (secondary N) is 1. The second kappa shape index (κ2) is 3.62. The number of aliphatic hydroxyl groups excluding tert-OH is 1. The Morgan fingerprint density at radius 2 is 2.15 bits per heavy atom. The number of aryl methyl sites for hydroxylation is 1. The van der Waals surface area contributed by atoms with Crippen LogP contribution in [0.2, 0.25) is 0 Å². The number of aliphatic hydroxyl groups is 1. The van der Waals surface area contributed by atoms with Crippen LogP contribution >= 0.6 is 0 Å². The summed E-state index contributed by atoms with van der Waals surface area (Å²) in [7, 11) is 0. The molecule has 0 fully saturated rings. The standard InChI is InChI=1S/C11H13NO/c13-8-2-4-9-3-1-5-11-10(9)6-7-12-11/h1,3,5-7,12-13H,2,4,8H2. The molecule has 68 valence electrons. The second-order valence-corrected chi connectivity index (χ2v) is 3.18. The first-order valence-electron chi connectivity index (χ1n) is 4.57. The molecule has 0 aliphatic heterocycles. The highest BCUT2D eigenvalue weighted by Gasteiger charge is 1.99. The lowest BCUT2D eigenvalue weighted by molar-refractivity contribution is 0.289. The third-order valence-corrected chi connectivity index (χ3v) is 2.29. The molecule has 0 amide bonds. The number of hydrogen-bond acceptors (Lipinski definition) is 1. The number of aromatic amines is 1. The topological polar surface area (TPSA) is 36.0 Å². The van der Waals surface area contributed by atoms with E-state index in [9.17, 15) is 0 Å². The zero-order chi connectivity index (χ0) is 9.10. The molecule has 0 aliphatic carbocycles. The maximum Gasteiger partial charge on any atom is 0.0456 e. The smallest absolute Gasteiger partial charge is 0.0456 e. The van der Waals surface area contributed by atoms with Crippen molar-refractivity contribution in [3.63, 3.8) is 0 Å². The first-order chi connectivity index (χ1) is 6.42. The van der Waals surface area contributed by atoms with Crippen LogP contribution in [-0.4, -0.2) is 16.7 Å². The molecule has 2 nitrogen and oxygen atoms in total. The molecule has 0 atom stereocenters. The summed E-state index contributed by atoms with van der Waals surface area (Å²) in [5.41, 5.74) is 2.49. The normalized spacial score (nSPS) is 10.8. The van der Waals surface area contributed by atoms with Crippen LogP contribution in [0.5, 0.6) is 0 Å². The Morgan fingerprint density at radius 1 is 1.23 bits per heavy atom. The lowest BCUT2D eigenvalue weighted by Crippen LogP contribution is -1.89. The molecular formula is C11H13NO. The molecule has 2 heteroatoms. The van der Waals surface area contributed by atoms with Crippen molar-refractivity contribution < 1.29 is 5.11 Å². The Hall–Kier alpha value is -1.28. The van der Waals surface area contributed by atoms with Crippen LogP contribution < -0.4 is 0 Å². The summed E-state index contributed by atoms with van der Waals surface area (Å²) in [6.45, 7) is 0.265. The number of benzene rings is 1. The number of hydrogen-bond donors (Lipinski definition) is 2. The molecule has 2 aromatic rings. The fraction of sp³-hybridized carbons (Fsp3) is 0.273. The van der Waals surface area contributed by atoms with Crippen molar-refractivity contribution in [2.24, 2.45) is 0 Å². The van der Waals surface area contributed by atoms with Crippen molar-refractivity contribution in [2.75, 3.05) is 6.61 Å². The molecule has 0 spiro atoms. The van der Waals surface area contributed by atoms with Gasteiger partial charge in [-0.15, -0.1) is 0 Å². The highest BCUT2D eigenvalue weighted by Crippen LogP contribution is 2.18. The van der Waals surface area contributed by atoms with E-state index in [1.165, 1.54) is 16.5 Å². The van der Waals surface area contributed by atoms with E-state index in [2.05, 4.69) is 23.2 Å². The summed E-state index contributed by atoms with van der Waals surface area (Å²) in [4.78, 5) is 3.17. The maximum atomic E-state index is 8.74. The third-order valence-electron chi connectivity index (χ3n) is 2.29. The van der Waals surface area contributed by atoms with Gasteiger partial charge in [-0.1, -0.05) is 12.1 Å². The van der Waals surface area contributed by atoms with Gasteiger partial charge in [0.15, 0.2) is 0 Å². The molecule has 0 radical (unpaired) electrons. The van der Waals surface area contributed by atoms with Crippen LogP contribution in [0.1, 0.15) is 12.0 Å². The van der Waals surface area contributed by atoms with Gasteiger partial charge in [0.1, 0.15) is 0 Å². The number of fused-ring (bicyclic) bond motifs is 1. The molecule has 0 unspecified atom stereocenters. The second-order valence-electron chi connectivity index (χ2n) is 3.18. The molecule has 0 aliphatic rings. The van der Waals surface area contributed by atoms with Crippen LogP contribution in [0, 0.1) is 0 Å². The van der Waals surface area contributed by atoms with Gasteiger partial charge in [-0.2, -0.15) is 0 Å². The molecule has 13 heavy (non-hydrogen) atoms. The molecule has 0 bridgehead atoms. The first kappa shape index (κ1) is 8.32. The first-order valence-corrected chi connectivity index (χ1v) is 4.57. The number of H-pyrrole nitrogens is 1. The Balaban J connectivity index is 2.37. The van der Waals surface area contributed by atoms with Gasteiger partial charge < -0.3 is 10.1 Å². The summed E-state index contributed by atoms with van der Waals surface area (Å²) in [6, 6.07) is 8.32. The zero-order valence-electron chi connectivity index (χ0n) is 7.46. The van der Waals surface area contributed by atoms with E-state index in [4.69, 9.17) is 5.11 Å². The summed E-state index contributed by atoms with van der Waals surface area (Å²) in [5.74, 6) is 0. The quantitative estimate of drug-likeness (QED) is 0.736. The molecule has 1 aromatic carbocycles. The van der Waals surface area contributed by atoms with Crippen LogP contribution in [0.25, 0.3) is 10.9 Å². The van der Waals surface area contributed by atoms with Gasteiger partial charge in [-0.25, -0.2) is 0 Å². The van der Waals surface area contributed by atoms with E-state index in [0.717, 1.165) is 12.8 Å². The average molecular weight is 175 g/mol. The summed E-state index contributed by atoms with van der Waals surface area (Å²) in [5, 5.41) is 10.0. The predicted octanol–water partition coefficient (Wildman–Crippen LogP) is 2.09. The van der Waals surface area contributed by atoms with Crippen molar-refractivity contribution in [1.29, 1.82) is 0 Å². The van der Waals surface area contributed by atoms with Gasteiger partial charge in [-0.05, 0) is 30.5 Å². The lowest BCUT2D eigenvalue weighted by atomic mass is 10.1. The zero-order valence-corrected chi connectivity index (χ0v) is 7.46. The van der Waals surface area contributed by atoms with Crippen molar-refractivity contribution in [3.05, 3.63) is 36.0 Å². The summed E-state index contributed by atoms with van der Waals surface area (Å²) in [6.07, 6.45) is 3.74. The largest absolute Gasteiger partial charge is 0.396 e. The summed E-state index contributed by atoms with van der Waals surface area (Å²) >= 11 is 0. The van der Waals surface area contributed by atoms with Crippen molar-refractivity contribution in [1.82, 2.24) is 4.98 Å². The van der Waals surface area contributed by atoms with Crippen LogP contribution in [0.3, 0.4) is 0 Å². The molecule has 0 saturated carbocycles. The van der Waals surface area contributed by atoms with Gasteiger partial charge in [0, 0.05) is 23.7 Å². The Labute approximate surface area is 77.2 Å². The van der Waals surface area contributed by atoms with E-state index in [1.54, 1.807) is 0 Å². The van der Waals surface area contributed by atoms with E-state index in [-0.39, 0.29) is 6.61 Å². The van der Waals surface area contributed by atoms with E-state index in [1.807, 2.05) is 12.3 Å². The van der Waals surface area contributed by atoms with Crippen LogP contribution in [-0.2, 0) is 6.42 Å².